The fourth-order valence-electron chi connectivity index (χ4n) is 0.851. The molecule has 0 aliphatic rings. The predicted molar refractivity (Wildman–Crippen MR) is 63.0 cm³/mol. The first-order chi connectivity index (χ1) is 7.85. The molecule has 1 aromatic rings. The Kier molecular flexibility index (Phi) is 12.2. The normalized spacial score (nSPS) is 9.89. The Morgan fingerprint density at radius 1 is 1.56 bits per heavy atom. The zero-order valence-corrected chi connectivity index (χ0v) is 13.6. The molecule has 0 bridgehead atoms. The van der Waals surface area contributed by atoms with E-state index in [1.54, 1.807) is 12.4 Å². The van der Waals surface area contributed by atoms with Crippen molar-refractivity contribution in [3.05, 3.63) is 18.2 Å². The summed E-state index contributed by atoms with van der Waals surface area (Å²) in [7, 11) is -4.07. The fourth-order valence-corrected chi connectivity index (χ4v) is 1.35. The molecule has 7 nitrogen and oxygen atoms in total. The van der Waals surface area contributed by atoms with Crippen molar-refractivity contribution in [1.82, 2.24) is 9.97 Å². The van der Waals surface area contributed by atoms with E-state index in [9.17, 15) is 17.8 Å². The number of hydrogen-bond donors (Lipinski definition) is 3. The number of carboxylic acid groups (broad SMARTS) is 1. The van der Waals surface area contributed by atoms with Gasteiger partial charge in [0.25, 0.3) is 0 Å². The molecule has 0 aromatic carbocycles. The van der Waals surface area contributed by atoms with Crippen LogP contribution in [0, 0.1) is 0 Å². The summed E-state index contributed by atoms with van der Waals surface area (Å²) in [5, 5.41) is 7.65. The van der Waals surface area contributed by atoms with E-state index >= 15 is 0 Å². The molecular weight excluding hydrogens is 291 g/mol. The van der Waals surface area contributed by atoms with E-state index in [0.29, 0.717) is 18.7 Å². The van der Waals surface area contributed by atoms with Crippen molar-refractivity contribution in [2.75, 3.05) is 11.5 Å². The molecule has 0 radical (unpaired) electrons. The maximum atomic E-state index is 10.2. The fraction of sp³-hybridized carbons (Fsp3) is 0.500. The van der Waals surface area contributed by atoms with Gasteiger partial charge in [-0.05, 0) is 6.42 Å². The second kappa shape index (κ2) is 10.8. The van der Waals surface area contributed by atoms with Gasteiger partial charge in [0.2, 0.25) is 0 Å². The summed E-state index contributed by atoms with van der Waals surface area (Å²) in [6, 6.07) is 0. The number of aromatic amines is 1. The van der Waals surface area contributed by atoms with Gasteiger partial charge >= 0.3 is 35.5 Å². The molecule has 1 rings (SSSR count). The molecule has 0 atom stereocenters. The SMILES string of the molecule is O=C(O)CS.O=S(=O)([O-])CCCc1ncc[nH]1.[Na+]. The van der Waals surface area contributed by atoms with Crippen molar-refractivity contribution in [3.63, 3.8) is 0 Å². The quantitative estimate of drug-likeness (QED) is 0.301. The molecule has 98 valence electrons. The van der Waals surface area contributed by atoms with Gasteiger partial charge in [-0.1, -0.05) is 0 Å². The van der Waals surface area contributed by atoms with Gasteiger partial charge < -0.3 is 14.6 Å². The number of nitrogens with zero attached hydrogens (tertiary/aromatic N) is 1. The molecule has 18 heavy (non-hydrogen) atoms. The Morgan fingerprint density at radius 3 is 2.44 bits per heavy atom. The van der Waals surface area contributed by atoms with Gasteiger partial charge in [0, 0.05) is 24.6 Å². The van der Waals surface area contributed by atoms with Gasteiger partial charge in [0.1, 0.15) is 5.82 Å². The zero-order chi connectivity index (χ0) is 13.3. The van der Waals surface area contributed by atoms with Crippen LogP contribution in [0.5, 0.6) is 0 Å². The molecule has 0 aliphatic carbocycles. The van der Waals surface area contributed by atoms with Crippen LogP contribution in [-0.4, -0.2) is 45.5 Å². The van der Waals surface area contributed by atoms with Crippen molar-refractivity contribution in [1.29, 1.82) is 0 Å². The topological polar surface area (TPSA) is 123 Å². The number of carboxylic acids is 1. The number of nitrogens with one attached hydrogen (secondary N) is 1. The van der Waals surface area contributed by atoms with Crippen LogP contribution < -0.4 is 29.6 Å². The van der Waals surface area contributed by atoms with E-state index in [1.165, 1.54) is 0 Å². The van der Waals surface area contributed by atoms with Gasteiger partial charge in [-0.3, -0.25) is 4.79 Å². The number of thiol groups is 1. The molecule has 0 unspecified atom stereocenters. The van der Waals surface area contributed by atoms with Crippen molar-refractivity contribution in [2.24, 2.45) is 0 Å². The minimum absolute atomic E-state index is 0. The van der Waals surface area contributed by atoms with Crippen LogP contribution in [0.3, 0.4) is 0 Å². The van der Waals surface area contributed by atoms with E-state index < -0.39 is 16.1 Å². The third-order valence-corrected chi connectivity index (χ3v) is 2.56. The predicted octanol–water partition coefficient (Wildman–Crippen LogP) is -3.11. The van der Waals surface area contributed by atoms with Crippen LogP contribution in [-0.2, 0) is 21.3 Å². The number of aliphatic carboxylic acids is 1. The smallest absolute Gasteiger partial charge is 0.748 e. The van der Waals surface area contributed by atoms with Crippen LogP contribution in [0.25, 0.3) is 0 Å². The van der Waals surface area contributed by atoms with Crippen molar-refractivity contribution in [3.8, 4) is 0 Å². The summed E-state index contributed by atoms with van der Waals surface area (Å²) in [6.07, 6.45) is 4.05. The van der Waals surface area contributed by atoms with Crippen LogP contribution in [0.15, 0.2) is 12.4 Å². The first-order valence-corrected chi connectivity index (χ1v) is 6.80. The minimum atomic E-state index is -4.07. The van der Waals surface area contributed by atoms with Crippen LogP contribution in [0.4, 0.5) is 0 Å². The first kappa shape index (κ1) is 20.3. The Bertz CT molecular complexity index is 421. The largest absolute Gasteiger partial charge is 1.00 e. The third-order valence-electron chi connectivity index (χ3n) is 1.50. The summed E-state index contributed by atoms with van der Waals surface area (Å²) in [5.41, 5.74) is 0. The summed E-state index contributed by atoms with van der Waals surface area (Å²) in [6.45, 7) is 0. The number of aryl methyl sites for hydroxylation is 1. The zero-order valence-electron chi connectivity index (χ0n) is 9.87. The van der Waals surface area contributed by atoms with E-state index in [2.05, 4.69) is 22.6 Å². The Labute approximate surface area is 133 Å². The maximum Gasteiger partial charge on any atom is 1.00 e. The number of aromatic nitrogens is 2. The Morgan fingerprint density at radius 2 is 2.11 bits per heavy atom. The third kappa shape index (κ3) is 14.0. The van der Waals surface area contributed by atoms with Gasteiger partial charge in [0.15, 0.2) is 0 Å². The van der Waals surface area contributed by atoms with Gasteiger partial charge in [-0.25, -0.2) is 13.4 Å². The van der Waals surface area contributed by atoms with Crippen molar-refractivity contribution in [2.45, 2.75) is 12.8 Å². The molecule has 0 aliphatic heterocycles. The number of carbonyl (C=O) groups is 1. The van der Waals surface area contributed by atoms with Gasteiger partial charge in [-0.2, -0.15) is 12.6 Å². The van der Waals surface area contributed by atoms with E-state index in [1.807, 2.05) is 0 Å². The number of rotatable bonds is 5. The molecule has 0 spiro atoms. The van der Waals surface area contributed by atoms with Crippen LogP contribution in [0.2, 0.25) is 0 Å². The summed E-state index contributed by atoms with van der Waals surface area (Å²) in [4.78, 5) is 16.0. The number of imidazole rings is 1. The Balaban J connectivity index is 0. The number of hydrogen-bond acceptors (Lipinski definition) is 6. The summed E-state index contributed by atoms with van der Waals surface area (Å²) in [5.74, 6) is -0.583. The molecule has 1 heterocycles. The molecular formula is C8H13N2NaO5S2. The van der Waals surface area contributed by atoms with E-state index in [-0.39, 0.29) is 41.1 Å². The average molecular weight is 304 g/mol. The molecule has 0 amide bonds. The van der Waals surface area contributed by atoms with E-state index in [0.717, 1.165) is 0 Å². The van der Waals surface area contributed by atoms with Crippen molar-refractivity contribution >= 4 is 28.7 Å². The molecule has 10 heteroatoms. The molecule has 0 saturated carbocycles. The standard InChI is InChI=1S/C6H10N2O3S.C2H4O2S.Na/c9-12(10,11)5-1-2-6-7-3-4-8-6;3-2(4)1-5;/h3-4H,1-2,5H2,(H,7,8)(H,9,10,11);5H,1H2,(H,3,4);/q;;+1/p-1. The number of H-pyrrole nitrogens is 1. The molecule has 2 N–H and O–H groups in total. The average Bonchev–Trinajstić information content (AvgIpc) is 2.69. The summed E-state index contributed by atoms with van der Waals surface area (Å²) < 4.78 is 30.5. The minimum Gasteiger partial charge on any atom is -0.748 e. The maximum absolute atomic E-state index is 10.2. The molecule has 0 fully saturated rings. The van der Waals surface area contributed by atoms with Crippen molar-refractivity contribution < 1.29 is 52.4 Å². The van der Waals surface area contributed by atoms with Crippen LogP contribution >= 0.6 is 12.6 Å². The second-order valence-corrected chi connectivity index (χ2v) is 4.79. The van der Waals surface area contributed by atoms with Gasteiger partial charge in [-0.15, -0.1) is 0 Å². The van der Waals surface area contributed by atoms with E-state index in [4.69, 9.17) is 5.11 Å². The molecule has 1 aromatic heterocycles. The molecule has 0 saturated heterocycles. The Hall–Kier alpha value is -0.0600. The first-order valence-electron chi connectivity index (χ1n) is 4.59. The second-order valence-electron chi connectivity index (χ2n) is 2.95. The monoisotopic (exact) mass is 304 g/mol. The summed E-state index contributed by atoms with van der Waals surface area (Å²) >= 11 is 3.42. The van der Waals surface area contributed by atoms with Gasteiger partial charge in [0.05, 0.1) is 15.9 Å². The van der Waals surface area contributed by atoms with Crippen LogP contribution in [0.1, 0.15) is 12.2 Å².